The summed E-state index contributed by atoms with van der Waals surface area (Å²) >= 11 is 0. The van der Waals surface area contributed by atoms with Crippen molar-refractivity contribution in [2.75, 3.05) is 63.5 Å². The first-order valence-corrected chi connectivity index (χ1v) is 37.6. The maximum atomic E-state index is 14.1. The van der Waals surface area contributed by atoms with Crippen molar-refractivity contribution < 1.29 is 37.5 Å². The van der Waals surface area contributed by atoms with E-state index < -0.39 is 17.5 Å². The Bertz CT molecular complexity index is 5650. The van der Waals surface area contributed by atoms with E-state index in [1.54, 1.807) is 9.80 Å². The number of hydrogen-bond acceptors (Lipinski definition) is 19. The third kappa shape index (κ3) is 17.2. The maximum Gasteiger partial charge on any atom is 0.256 e. The highest BCUT2D eigenvalue weighted by Gasteiger charge is 2.33. The van der Waals surface area contributed by atoms with Gasteiger partial charge in [0.15, 0.2) is 16.9 Å². The second-order valence-electron chi connectivity index (χ2n) is 28.4. The Morgan fingerprint density at radius 2 is 0.930 bits per heavy atom. The fourth-order valence-electron chi connectivity index (χ4n) is 14.8. The van der Waals surface area contributed by atoms with Crippen molar-refractivity contribution in [3.63, 3.8) is 0 Å². The van der Waals surface area contributed by atoms with Crippen LogP contribution in [0.3, 0.4) is 0 Å². The smallest absolute Gasteiger partial charge is 0.256 e. The number of amides is 6. The van der Waals surface area contributed by atoms with E-state index in [4.69, 9.17) is 37.8 Å². The molecule has 582 valence electrons. The zero-order valence-electron chi connectivity index (χ0n) is 63.6. The van der Waals surface area contributed by atoms with Crippen molar-refractivity contribution in [3.05, 3.63) is 227 Å². The van der Waals surface area contributed by atoms with E-state index in [1.165, 1.54) is 37.0 Å². The summed E-state index contributed by atoms with van der Waals surface area (Å²) in [6, 6.07) is 42.6. The number of anilines is 3. The van der Waals surface area contributed by atoms with Crippen LogP contribution in [-0.2, 0) is 34.0 Å². The van der Waals surface area contributed by atoms with E-state index in [9.17, 15) is 37.5 Å². The molecule has 3 atom stereocenters. The van der Waals surface area contributed by atoms with Gasteiger partial charge in [-0.2, -0.15) is 20.6 Å². The standard InChI is InChI=1S/C28H27F2N7O2.C28H28N8O2.C28H31N7O2/c1-3-23(38)36-12-4-5-20(15-36)37-27-24(26(31)32-16-33-27)25(34-37)18-8-6-17(7-9-18)14-35(2)28(39)21-13-19(29)10-11-22(21)30;1-18-5-2-3-7-22(18)28(38)31-15-19-8-10-20(11-9-19)25-24-26(30)32-17-33-27(24)36(34-25)21-6-4-14-35(16-21)23(37)12-13-29;1-3-23(36)34-14-6-8-21(16-34)35-27-24(26(29)31-17-32-27)25(33-35)20-12-10-19(11-13-20)15-30-28(37)22-9-5-4-7-18(22)2/h3,6-11,13,16,20H,1,4-5,12,14-15H2,2H3,(H2,31,32,33);2-3,5,7-11,17,21H,4,6,12,14-16H2,1H3,(H,31,38)(H2,30,32,33);4-5,7,9-13,17,21H,3,6,8,14-16H2,1-2H3,(H,30,37)(H2,29,31,32). The number of fused-ring (bicyclic) bond motifs is 3. The van der Waals surface area contributed by atoms with Gasteiger partial charge in [0.1, 0.15) is 71.6 Å². The molecule has 3 saturated heterocycles. The van der Waals surface area contributed by atoms with Crippen LogP contribution in [0.4, 0.5) is 26.2 Å². The van der Waals surface area contributed by atoms with Crippen LogP contribution < -0.4 is 27.8 Å². The first-order valence-electron chi connectivity index (χ1n) is 37.6. The van der Waals surface area contributed by atoms with E-state index in [0.717, 1.165) is 108 Å². The van der Waals surface area contributed by atoms with Crippen molar-refractivity contribution in [1.29, 1.82) is 5.26 Å². The number of hydrogen-bond donors (Lipinski definition) is 5. The molecule has 0 bridgehead atoms. The topological polar surface area (TPSA) is 372 Å². The van der Waals surface area contributed by atoms with Crippen LogP contribution in [0.2, 0.25) is 0 Å². The van der Waals surface area contributed by atoms with Crippen LogP contribution in [0.15, 0.2) is 171 Å². The summed E-state index contributed by atoms with van der Waals surface area (Å²) in [5.74, 6) is -1.43. The predicted molar refractivity (Wildman–Crippen MR) is 428 cm³/mol. The minimum absolute atomic E-state index is 0.0192. The number of aromatic nitrogens is 12. The highest BCUT2D eigenvalue weighted by atomic mass is 19.1. The minimum atomic E-state index is -0.777. The molecule has 3 aliphatic heterocycles. The van der Waals surface area contributed by atoms with E-state index in [0.29, 0.717) is 131 Å². The zero-order valence-corrected chi connectivity index (χ0v) is 63.6. The van der Waals surface area contributed by atoms with Gasteiger partial charge in [0, 0.05) is 100 Å². The van der Waals surface area contributed by atoms with E-state index in [1.807, 2.05) is 167 Å². The number of piperidine rings is 3. The lowest BCUT2D eigenvalue weighted by atomic mass is 10.1. The van der Waals surface area contributed by atoms with Crippen LogP contribution in [0.1, 0.15) is 135 Å². The third-order valence-electron chi connectivity index (χ3n) is 20.8. The van der Waals surface area contributed by atoms with Crippen LogP contribution in [0.5, 0.6) is 0 Å². The molecule has 114 heavy (non-hydrogen) atoms. The Morgan fingerprint density at radius 1 is 0.535 bits per heavy atom. The number of carbonyl (C=O) groups is 6. The SMILES string of the molecule is C=CC(=O)N1CCCC(n2nc(-c3ccc(CN(C)C(=O)c4cc(F)ccc4F)cc3)c3c(N)ncnc32)C1.CCC(=O)N1CCCC(n2nc(-c3ccc(CNC(=O)c4ccccc4C)cc3)c3c(N)ncnc32)C1.Cc1ccccc1C(=O)NCc1ccc(-c2nn(C3CCCN(C(=O)CC#N)C3)c3ncnc(N)c23)cc1. The lowest BCUT2D eigenvalue weighted by Gasteiger charge is -2.32. The molecule has 6 aromatic heterocycles. The summed E-state index contributed by atoms with van der Waals surface area (Å²) in [5.41, 5.74) is 30.8. The summed E-state index contributed by atoms with van der Waals surface area (Å²) in [7, 11) is 1.53. The number of nitrogens with two attached hydrogens (primary N) is 3. The monoisotopic (exact) mass is 1540 g/mol. The van der Waals surface area contributed by atoms with E-state index in [-0.39, 0.29) is 66.2 Å². The second kappa shape index (κ2) is 35.1. The third-order valence-corrected chi connectivity index (χ3v) is 20.8. The number of nitrogens with one attached hydrogen (secondary N) is 2. The molecule has 8 N–H and O–H groups in total. The van der Waals surface area contributed by atoms with Crippen LogP contribution in [0, 0.1) is 36.8 Å². The van der Waals surface area contributed by atoms with Gasteiger partial charge in [0.2, 0.25) is 17.7 Å². The molecule has 12 aromatic rings. The lowest BCUT2D eigenvalue weighted by Crippen LogP contribution is -2.40. The molecule has 15 rings (SSSR count). The Morgan fingerprint density at radius 3 is 1.33 bits per heavy atom. The predicted octanol–water partition coefficient (Wildman–Crippen LogP) is 11.3. The van der Waals surface area contributed by atoms with Gasteiger partial charge in [0.05, 0.1) is 45.9 Å². The highest BCUT2D eigenvalue weighted by molar-refractivity contribution is 6.01. The molecule has 30 heteroatoms. The Labute approximate surface area is 655 Å². The second-order valence-corrected chi connectivity index (χ2v) is 28.4. The number of nitrogen functional groups attached to an aromatic ring is 3. The number of carbonyl (C=O) groups excluding carboxylic acids is 6. The normalized spacial score (nSPS) is 15.4. The number of nitrogens with zero attached hydrogens (tertiary/aromatic N) is 17. The highest BCUT2D eigenvalue weighted by Crippen LogP contribution is 2.38. The minimum Gasteiger partial charge on any atom is -0.383 e. The number of nitriles is 1. The lowest BCUT2D eigenvalue weighted by molar-refractivity contribution is -0.133. The molecule has 3 fully saturated rings. The summed E-state index contributed by atoms with van der Waals surface area (Å²) in [5, 5.41) is 31.6. The zero-order chi connectivity index (χ0) is 80.3. The van der Waals surface area contributed by atoms with Gasteiger partial charge in [-0.15, -0.1) is 0 Å². The molecule has 0 saturated carbocycles. The van der Waals surface area contributed by atoms with Crippen LogP contribution in [0.25, 0.3) is 66.9 Å². The molecule has 3 aliphatic rings. The van der Waals surface area contributed by atoms with Gasteiger partial charge < -0.3 is 47.4 Å². The molecule has 9 heterocycles. The molecule has 3 unspecified atom stereocenters. The number of rotatable bonds is 18. The summed E-state index contributed by atoms with van der Waals surface area (Å²) in [6.45, 7) is 13.9. The van der Waals surface area contributed by atoms with Crippen molar-refractivity contribution in [1.82, 2.24) is 89.5 Å². The molecule has 6 aromatic carbocycles. The average Bonchev–Trinajstić information content (AvgIpc) is 1.62. The molecule has 6 amide bonds. The number of likely N-dealkylation sites (tertiary alicyclic amines) is 3. The molecular weight excluding hydrogens is 1450 g/mol. The number of aryl methyl sites for hydroxylation is 2. The van der Waals surface area contributed by atoms with Gasteiger partial charge in [-0.3, -0.25) is 28.8 Å². The Kier molecular flexibility index (Phi) is 24.1. The van der Waals surface area contributed by atoms with Gasteiger partial charge in [-0.25, -0.2) is 52.7 Å². The van der Waals surface area contributed by atoms with Crippen LogP contribution in [-0.4, -0.2) is 161 Å². The molecule has 0 radical (unpaired) electrons. The molecular formula is C84H86F2N22O6. The Balaban J connectivity index is 0.000000149. The number of benzene rings is 6. The quantitative estimate of drug-likeness (QED) is 0.0498. The fraction of sp³-hybridized carbons (Fsp3) is 0.286. The maximum absolute atomic E-state index is 14.1. The summed E-state index contributed by atoms with van der Waals surface area (Å²) < 4.78 is 33.2. The van der Waals surface area contributed by atoms with Crippen molar-refractivity contribution in [2.45, 2.75) is 110 Å². The molecule has 0 spiro atoms. The fourth-order valence-corrected chi connectivity index (χ4v) is 14.8. The van der Waals surface area contributed by atoms with Crippen molar-refractivity contribution in [3.8, 4) is 39.8 Å². The van der Waals surface area contributed by atoms with Crippen LogP contribution >= 0.6 is 0 Å². The van der Waals surface area contributed by atoms with Crippen molar-refractivity contribution in [2.24, 2.45) is 0 Å². The number of halogens is 2. The molecule has 0 aliphatic carbocycles. The van der Waals surface area contributed by atoms with Gasteiger partial charge in [-0.05, 0) is 117 Å². The van der Waals surface area contributed by atoms with Gasteiger partial charge in [0.25, 0.3) is 17.7 Å². The summed E-state index contributed by atoms with van der Waals surface area (Å²) in [4.78, 5) is 107. The van der Waals surface area contributed by atoms with E-state index in [2.05, 4.69) is 47.1 Å². The van der Waals surface area contributed by atoms with Gasteiger partial charge in [-0.1, -0.05) is 123 Å². The first kappa shape index (κ1) is 78.4. The first-order chi connectivity index (χ1) is 55.2. The average molecular weight is 1540 g/mol. The Hall–Kier alpha value is -13.7. The largest absolute Gasteiger partial charge is 0.383 e. The van der Waals surface area contributed by atoms with Gasteiger partial charge >= 0.3 is 0 Å². The van der Waals surface area contributed by atoms with E-state index >= 15 is 0 Å². The molecule has 28 nitrogen and oxygen atoms in total. The summed E-state index contributed by atoms with van der Waals surface area (Å²) in [6.07, 6.45) is 11.0. The van der Waals surface area contributed by atoms with Crippen molar-refractivity contribution >= 4 is 86.0 Å².